The number of nitrogens with one attached hydrogen (secondary N) is 3. The van der Waals surface area contributed by atoms with Crippen molar-refractivity contribution in [1.29, 1.82) is 5.26 Å². The van der Waals surface area contributed by atoms with Crippen LogP contribution in [0.4, 0.5) is 0 Å². The Morgan fingerprint density at radius 3 is 1.83 bits per heavy atom. The first-order valence-corrected chi connectivity index (χ1v) is 21.6. The molecular weight excluding hydrogens is 873 g/mol. The predicted molar refractivity (Wildman–Crippen MR) is 215 cm³/mol. The van der Waals surface area contributed by atoms with Crippen LogP contribution in [0.2, 0.25) is 0 Å². The molecule has 3 aliphatic heterocycles. The SMILES string of the molecule is CC(=O)O[C@H]1C[C@H](n2cc(C)c(=O)[nH]c2=O)O[C@@H]1COP(=O)(OCCC#N)O[C@H]1C[C@H](n2cc(C)c(=O)[nH]c2=O)O[C@@H]1C(O)CC(=O)C[C@H]1C[C@H](n2cc(C)c(=O)[nH]c2=O)O[C@@H]1CO. The topological polar surface area (TPSA) is 345 Å². The molecule has 3 saturated heterocycles. The largest absolute Gasteiger partial charge is 0.475 e. The number of hydrogen-bond acceptors (Lipinski definition) is 19. The van der Waals surface area contributed by atoms with Gasteiger partial charge in [0.05, 0.1) is 44.5 Å². The van der Waals surface area contributed by atoms with Crippen molar-refractivity contribution in [3.8, 4) is 6.07 Å². The van der Waals surface area contributed by atoms with Gasteiger partial charge in [0.25, 0.3) is 16.7 Å². The maximum Gasteiger partial charge on any atom is 0.475 e. The van der Waals surface area contributed by atoms with E-state index in [9.17, 15) is 58.4 Å². The minimum Gasteiger partial charge on any atom is -0.460 e. The number of hydrogen-bond donors (Lipinski definition) is 5. The number of phosphoric acid groups is 1. The Balaban J connectivity index is 1.22. The number of rotatable bonds is 18. The second-order valence-corrected chi connectivity index (χ2v) is 17.3. The maximum absolute atomic E-state index is 14.5. The summed E-state index contributed by atoms with van der Waals surface area (Å²) in [6.45, 7) is 3.81. The zero-order valence-corrected chi connectivity index (χ0v) is 35.9. The number of ether oxygens (including phenoxy) is 4. The molecule has 25 nitrogen and oxygen atoms in total. The molecule has 0 amide bonds. The molecule has 6 heterocycles. The van der Waals surface area contributed by atoms with Crippen molar-refractivity contribution in [3.05, 3.63) is 97.8 Å². The summed E-state index contributed by atoms with van der Waals surface area (Å²) in [6.07, 6.45) is -9.06. The fraction of sp³-hybridized carbons (Fsp3) is 0.605. The number of esters is 1. The number of aromatic amines is 3. The number of ketones is 1. The molecule has 348 valence electrons. The lowest BCUT2D eigenvalue weighted by Crippen LogP contribution is -2.38. The molecule has 3 aromatic heterocycles. The minimum absolute atomic E-state index is 0.0756. The van der Waals surface area contributed by atoms with E-state index >= 15 is 0 Å². The van der Waals surface area contributed by atoms with Crippen LogP contribution in [0, 0.1) is 38.0 Å². The Hall–Kier alpha value is -5.42. The van der Waals surface area contributed by atoms with E-state index in [-0.39, 0.29) is 48.8 Å². The van der Waals surface area contributed by atoms with Gasteiger partial charge in [-0.05, 0) is 33.1 Å². The molecule has 2 unspecified atom stereocenters. The Morgan fingerprint density at radius 1 is 0.812 bits per heavy atom. The summed E-state index contributed by atoms with van der Waals surface area (Å²) in [5.41, 5.74) is -3.85. The number of nitriles is 1. The van der Waals surface area contributed by atoms with Crippen LogP contribution in [-0.2, 0) is 46.7 Å². The standard InChI is InChI=1S/C38H48N7O18P/c1-18-13-43(36(53)40-33(18)50)29-9-22(27(16-46)60-29)8-23(48)10-24(49)32-26(12-31(62-32)45-15-20(3)35(52)42-38(45)55)63-64(56,57-7-5-6-39)58-17-28-25(59-21(4)47)11-30(61-28)44-14-19(2)34(51)41-37(44)54/h13-15,22,24-32,46,49H,5,7-12,16-17H2,1-4H3,(H,40,50,53)(H,41,51,54)(H,42,52,55)/t22-,24?,25-,26-,27+,28+,29+,30+,31+,32+,64?/m0/s1. The number of carbonyl (C=O) groups excluding carboxylic acids is 2. The highest BCUT2D eigenvalue weighted by molar-refractivity contribution is 7.48. The van der Waals surface area contributed by atoms with Crippen molar-refractivity contribution >= 4 is 19.6 Å². The average molecular weight is 922 g/mol. The van der Waals surface area contributed by atoms with E-state index in [1.54, 1.807) is 0 Å². The number of H-pyrrole nitrogens is 3. The fourth-order valence-electron chi connectivity index (χ4n) is 7.76. The summed E-state index contributed by atoms with van der Waals surface area (Å²) in [6, 6.07) is 1.83. The predicted octanol–water partition coefficient (Wildman–Crippen LogP) is -0.885. The molecule has 0 aromatic carbocycles. The molecule has 0 saturated carbocycles. The number of nitrogens with zero attached hydrogens (tertiary/aromatic N) is 4. The maximum atomic E-state index is 14.5. The first kappa shape index (κ1) is 48.0. The van der Waals surface area contributed by atoms with E-state index in [0.29, 0.717) is 0 Å². The molecular formula is C38H48N7O18P. The Bertz CT molecular complexity index is 2680. The molecule has 11 atom stereocenters. The molecule has 26 heteroatoms. The van der Waals surface area contributed by atoms with Crippen molar-refractivity contribution in [2.75, 3.05) is 19.8 Å². The fourth-order valence-corrected chi connectivity index (χ4v) is 9.14. The van der Waals surface area contributed by atoms with Crippen molar-refractivity contribution in [2.45, 2.75) is 122 Å². The van der Waals surface area contributed by atoms with Gasteiger partial charge in [-0.2, -0.15) is 5.26 Å². The summed E-state index contributed by atoms with van der Waals surface area (Å²) < 4.78 is 58.2. The zero-order valence-electron chi connectivity index (χ0n) is 35.0. The van der Waals surface area contributed by atoms with E-state index in [1.165, 1.54) is 39.4 Å². The molecule has 0 radical (unpaired) electrons. The second kappa shape index (κ2) is 20.2. The van der Waals surface area contributed by atoms with Gasteiger partial charge in [-0.25, -0.2) is 18.9 Å². The van der Waals surface area contributed by atoms with Crippen LogP contribution in [0.1, 0.15) is 80.8 Å². The van der Waals surface area contributed by atoms with Gasteiger partial charge >= 0.3 is 30.9 Å². The molecule has 64 heavy (non-hydrogen) atoms. The monoisotopic (exact) mass is 921 g/mol. The zero-order chi connectivity index (χ0) is 46.6. The van der Waals surface area contributed by atoms with E-state index in [4.69, 9.17) is 32.5 Å². The van der Waals surface area contributed by atoms with Gasteiger partial charge in [0.15, 0.2) is 0 Å². The summed E-state index contributed by atoms with van der Waals surface area (Å²) in [7, 11) is -4.87. The summed E-state index contributed by atoms with van der Waals surface area (Å²) >= 11 is 0. The van der Waals surface area contributed by atoms with Crippen LogP contribution in [0.25, 0.3) is 0 Å². The molecule has 5 N–H and O–H groups in total. The molecule has 0 aliphatic carbocycles. The van der Waals surface area contributed by atoms with Gasteiger partial charge in [-0.3, -0.25) is 66.2 Å². The normalized spacial score (nSPS) is 26.9. The number of phosphoric ester groups is 1. The number of aromatic nitrogens is 6. The first-order chi connectivity index (χ1) is 30.3. The number of carbonyl (C=O) groups is 2. The van der Waals surface area contributed by atoms with E-state index in [0.717, 1.165) is 20.6 Å². The van der Waals surface area contributed by atoms with Crippen LogP contribution in [0.15, 0.2) is 47.4 Å². The lowest BCUT2D eigenvalue weighted by Gasteiger charge is -2.28. The van der Waals surface area contributed by atoms with Crippen LogP contribution >= 0.6 is 7.82 Å². The summed E-state index contributed by atoms with van der Waals surface area (Å²) in [5, 5.41) is 30.9. The van der Waals surface area contributed by atoms with Crippen molar-refractivity contribution < 1.29 is 56.9 Å². The lowest BCUT2D eigenvalue weighted by molar-refractivity contribution is -0.150. The molecule has 3 fully saturated rings. The van der Waals surface area contributed by atoms with Crippen LogP contribution in [-0.4, -0.2) is 107 Å². The Morgan fingerprint density at radius 2 is 1.31 bits per heavy atom. The van der Waals surface area contributed by atoms with Gasteiger partial charge in [-0.1, -0.05) is 0 Å². The van der Waals surface area contributed by atoms with Gasteiger partial charge in [0, 0.05) is 67.9 Å². The third-order valence-electron chi connectivity index (χ3n) is 11.0. The Labute approximate surface area is 361 Å². The molecule has 0 spiro atoms. The quantitative estimate of drug-likeness (QED) is 0.0587. The molecule has 3 aromatic rings. The highest BCUT2D eigenvalue weighted by Gasteiger charge is 2.48. The number of aliphatic hydroxyl groups excluding tert-OH is 2. The smallest absolute Gasteiger partial charge is 0.460 e. The molecule has 3 aliphatic rings. The summed E-state index contributed by atoms with van der Waals surface area (Å²) in [5.74, 6) is -1.93. The van der Waals surface area contributed by atoms with Crippen LogP contribution < -0.4 is 33.7 Å². The third kappa shape index (κ3) is 11.1. The first-order valence-electron chi connectivity index (χ1n) is 20.1. The van der Waals surface area contributed by atoms with Gasteiger partial charge in [-0.15, -0.1) is 0 Å². The van der Waals surface area contributed by atoms with Gasteiger partial charge in [0.1, 0.15) is 48.9 Å². The van der Waals surface area contributed by atoms with E-state index in [2.05, 4.69) is 15.0 Å². The average Bonchev–Trinajstić information content (AvgIpc) is 3.95. The number of Topliss-reactive ketones (excluding diaryl/α,β-unsaturated/α-hetero) is 1. The second-order valence-electron chi connectivity index (χ2n) is 15.7. The van der Waals surface area contributed by atoms with Gasteiger partial charge < -0.3 is 29.2 Å². The highest BCUT2D eigenvalue weighted by Crippen LogP contribution is 2.54. The van der Waals surface area contributed by atoms with E-state index < -0.39 is 141 Å². The third-order valence-corrected chi connectivity index (χ3v) is 12.4. The van der Waals surface area contributed by atoms with Crippen molar-refractivity contribution in [1.82, 2.24) is 28.7 Å². The van der Waals surface area contributed by atoms with Crippen LogP contribution in [0.5, 0.6) is 0 Å². The van der Waals surface area contributed by atoms with Crippen molar-refractivity contribution in [3.63, 3.8) is 0 Å². The number of aryl methyl sites for hydroxylation is 3. The highest BCUT2D eigenvalue weighted by atomic mass is 31.2. The number of aliphatic hydroxyl groups is 2. The summed E-state index contributed by atoms with van der Waals surface area (Å²) in [4.78, 5) is 106. The molecule has 6 rings (SSSR count). The van der Waals surface area contributed by atoms with Gasteiger partial charge in [0.2, 0.25) is 0 Å². The Kier molecular flexibility index (Phi) is 15.1. The minimum atomic E-state index is -4.87. The van der Waals surface area contributed by atoms with Crippen molar-refractivity contribution in [2.24, 2.45) is 5.92 Å². The molecule has 0 bridgehead atoms. The van der Waals surface area contributed by atoms with Crippen LogP contribution in [0.3, 0.4) is 0 Å². The van der Waals surface area contributed by atoms with E-state index in [1.807, 2.05) is 6.07 Å². The lowest BCUT2D eigenvalue weighted by atomic mass is 9.91.